The number of halogens is 1. The van der Waals surface area contributed by atoms with Crippen LogP contribution in [0.1, 0.15) is 25.7 Å². The molecule has 0 aliphatic heterocycles. The first-order valence-corrected chi connectivity index (χ1v) is 7.72. The highest BCUT2D eigenvalue weighted by Crippen LogP contribution is 2.31. The summed E-state index contributed by atoms with van der Waals surface area (Å²) >= 11 is 5.23. The molecule has 0 spiro atoms. The highest BCUT2D eigenvalue weighted by Gasteiger charge is 2.16. The molecule has 1 heterocycles. The minimum Gasteiger partial charge on any atom is -0.361 e. The third-order valence-electron chi connectivity index (χ3n) is 3.40. The fourth-order valence-corrected chi connectivity index (χ4v) is 3.58. The fraction of sp³-hybridized carbons (Fsp3) is 0.462. The van der Waals surface area contributed by atoms with Crippen LogP contribution < -0.4 is 5.32 Å². The molecule has 4 heteroatoms. The van der Waals surface area contributed by atoms with Crippen LogP contribution in [0.3, 0.4) is 0 Å². The van der Waals surface area contributed by atoms with Gasteiger partial charge in [-0.2, -0.15) is 0 Å². The lowest BCUT2D eigenvalue weighted by molar-refractivity contribution is 0.303. The van der Waals surface area contributed by atoms with Crippen molar-refractivity contribution in [2.45, 2.75) is 25.7 Å². The summed E-state index contributed by atoms with van der Waals surface area (Å²) in [5.74, 6) is 0.964. The summed E-state index contributed by atoms with van der Waals surface area (Å²) in [7, 11) is 0. The van der Waals surface area contributed by atoms with Crippen molar-refractivity contribution in [3.05, 3.63) is 22.7 Å². The lowest BCUT2D eigenvalue weighted by atomic mass is 9.83. The van der Waals surface area contributed by atoms with Crippen LogP contribution in [0.2, 0.25) is 0 Å². The van der Waals surface area contributed by atoms with Gasteiger partial charge in [-0.25, -0.2) is 4.98 Å². The van der Waals surface area contributed by atoms with Crippen molar-refractivity contribution < 1.29 is 0 Å². The van der Waals surface area contributed by atoms with Crippen LogP contribution in [0.5, 0.6) is 0 Å². The Hall–Kier alpha value is -0.610. The average molecular weight is 311 g/mol. The lowest BCUT2D eigenvalue weighted by Crippen LogP contribution is -2.15. The number of nitrogens with one attached hydrogen (secondary N) is 1. The number of fused-ring (bicyclic) bond motifs is 1. The lowest BCUT2D eigenvalue weighted by Gasteiger charge is -2.24. The monoisotopic (exact) mass is 310 g/mol. The zero-order valence-electron chi connectivity index (χ0n) is 9.58. The van der Waals surface area contributed by atoms with E-state index in [2.05, 4.69) is 38.4 Å². The van der Waals surface area contributed by atoms with Gasteiger partial charge in [-0.05, 0) is 30.5 Å². The topological polar surface area (TPSA) is 24.9 Å². The molecule has 1 fully saturated rings. The molecule has 1 aliphatic rings. The maximum absolute atomic E-state index is 4.58. The molecule has 1 aromatic carbocycles. The van der Waals surface area contributed by atoms with E-state index < -0.39 is 0 Å². The van der Waals surface area contributed by atoms with Gasteiger partial charge in [0.05, 0.1) is 10.2 Å². The molecule has 0 unspecified atom stereocenters. The van der Waals surface area contributed by atoms with E-state index in [4.69, 9.17) is 0 Å². The SMILES string of the molecule is Brc1ccc2nc(NCCC3CCC3)sc2c1. The molecule has 0 saturated heterocycles. The predicted molar refractivity (Wildman–Crippen MR) is 77.8 cm³/mol. The molecule has 1 aromatic heterocycles. The predicted octanol–water partition coefficient (Wildman–Crippen LogP) is 4.66. The van der Waals surface area contributed by atoms with Crippen LogP contribution in [0.25, 0.3) is 10.2 Å². The standard InChI is InChI=1S/C13H15BrN2S/c14-10-4-5-11-12(8-10)17-13(16-11)15-7-6-9-2-1-3-9/h4-5,8-9H,1-3,6-7H2,(H,15,16). The Morgan fingerprint density at radius 1 is 1.41 bits per heavy atom. The number of nitrogens with zero attached hydrogens (tertiary/aromatic N) is 1. The molecule has 1 aliphatic carbocycles. The van der Waals surface area contributed by atoms with Crippen molar-refractivity contribution in [3.63, 3.8) is 0 Å². The van der Waals surface area contributed by atoms with Crippen molar-refractivity contribution in [2.24, 2.45) is 5.92 Å². The van der Waals surface area contributed by atoms with Gasteiger partial charge in [0.25, 0.3) is 0 Å². The van der Waals surface area contributed by atoms with E-state index in [-0.39, 0.29) is 0 Å². The van der Waals surface area contributed by atoms with Crippen LogP contribution in [0, 0.1) is 5.92 Å². The molecule has 17 heavy (non-hydrogen) atoms. The Morgan fingerprint density at radius 3 is 3.06 bits per heavy atom. The van der Waals surface area contributed by atoms with Gasteiger partial charge in [-0.3, -0.25) is 0 Å². The maximum Gasteiger partial charge on any atom is 0.183 e. The molecule has 2 aromatic rings. The van der Waals surface area contributed by atoms with Crippen molar-refractivity contribution in [1.29, 1.82) is 0 Å². The summed E-state index contributed by atoms with van der Waals surface area (Å²) in [6.45, 7) is 1.06. The van der Waals surface area contributed by atoms with Crippen LogP contribution in [-0.4, -0.2) is 11.5 Å². The van der Waals surface area contributed by atoms with E-state index in [1.807, 2.05) is 6.07 Å². The molecule has 0 atom stereocenters. The fourth-order valence-electron chi connectivity index (χ4n) is 2.14. The molecule has 1 N–H and O–H groups in total. The van der Waals surface area contributed by atoms with Gasteiger partial charge in [0, 0.05) is 11.0 Å². The zero-order chi connectivity index (χ0) is 11.7. The Labute approximate surface area is 114 Å². The van der Waals surface area contributed by atoms with Crippen molar-refractivity contribution in [3.8, 4) is 0 Å². The molecule has 90 valence electrons. The number of aromatic nitrogens is 1. The maximum atomic E-state index is 4.58. The normalized spacial score (nSPS) is 16.1. The average Bonchev–Trinajstić information content (AvgIpc) is 2.63. The van der Waals surface area contributed by atoms with Gasteiger partial charge >= 0.3 is 0 Å². The number of anilines is 1. The highest BCUT2D eigenvalue weighted by atomic mass is 79.9. The Kier molecular flexibility index (Phi) is 3.34. The van der Waals surface area contributed by atoms with Crippen LogP contribution in [-0.2, 0) is 0 Å². The molecular weight excluding hydrogens is 296 g/mol. The third-order valence-corrected chi connectivity index (χ3v) is 4.87. The molecule has 0 amide bonds. The van der Waals surface area contributed by atoms with Gasteiger partial charge < -0.3 is 5.32 Å². The zero-order valence-corrected chi connectivity index (χ0v) is 12.0. The summed E-state index contributed by atoms with van der Waals surface area (Å²) in [5.41, 5.74) is 1.09. The largest absolute Gasteiger partial charge is 0.361 e. The van der Waals surface area contributed by atoms with Crippen molar-refractivity contribution in [2.75, 3.05) is 11.9 Å². The quantitative estimate of drug-likeness (QED) is 0.888. The van der Waals surface area contributed by atoms with E-state index in [1.54, 1.807) is 11.3 Å². The van der Waals surface area contributed by atoms with Gasteiger partial charge in [0.15, 0.2) is 5.13 Å². The summed E-state index contributed by atoms with van der Waals surface area (Å²) in [6.07, 6.45) is 5.57. The van der Waals surface area contributed by atoms with Gasteiger partial charge in [-0.1, -0.05) is 46.5 Å². The smallest absolute Gasteiger partial charge is 0.183 e. The summed E-state index contributed by atoms with van der Waals surface area (Å²) in [4.78, 5) is 4.58. The number of thiazole rings is 1. The first-order chi connectivity index (χ1) is 8.31. The highest BCUT2D eigenvalue weighted by molar-refractivity contribution is 9.10. The molecule has 2 nitrogen and oxygen atoms in total. The second-order valence-corrected chi connectivity index (χ2v) is 6.59. The van der Waals surface area contributed by atoms with Crippen LogP contribution >= 0.6 is 27.3 Å². The number of hydrogen-bond donors (Lipinski definition) is 1. The first kappa shape index (κ1) is 11.5. The Balaban J connectivity index is 1.64. The molecule has 3 rings (SSSR count). The van der Waals surface area contributed by atoms with Crippen LogP contribution in [0.15, 0.2) is 22.7 Å². The van der Waals surface area contributed by atoms with Crippen molar-refractivity contribution in [1.82, 2.24) is 4.98 Å². The van der Waals surface area contributed by atoms with Crippen molar-refractivity contribution >= 4 is 42.6 Å². The van der Waals surface area contributed by atoms with E-state index in [0.29, 0.717) is 0 Å². The minimum atomic E-state index is 0.964. The Bertz CT molecular complexity index is 519. The van der Waals surface area contributed by atoms with Gasteiger partial charge in [0.1, 0.15) is 0 Å². The number of benzene rings is 1. The van der Waals surface area contributed by atoms with Gasteiger partial charge in [0.2, 0.25) is 0 Å². The summed E-state index contributed by atoms with van der Waals surface area (Å²) in [5, 5.41) is 4.50. The van der Waals surface area contributed by atoms with E-state index in [9.17, 15) is 0 Å². The van der Waals surface area contributed by atoms with Crippen LogP contribution in [0.4, 0.5) is 5.13 Å². The first-order valence-electron chi connectivity index (χ1n) is 6.11. The van der Waals surface area contributed by atoms with E-state index in [0.717, 1.165) is 27.6 Å². The number of rotatable bonds is 4. The second-order valence-electron chi connectivity index (χ2n) is 4.64. The molecule has 0 radical (unpaired) electrons. The molecule has 1 saturated carbocycles. The van der Waals surface area contributed by atoms with E-state index >= 15 is 0 Å². The van der Waals surface area contributed by atoms with E-state index in [1.165, 1.54) is 30.4 Å². The minimum absolute atomic E-state index is 0.964. The summed E-state index contributed by atoms with van der Waals surface area (Å²) < 4.78 is 2.36. The summed E-state index contributed by atoms with van der Waals surface area (Å²) in [6, 6.07) is 6.23. The third kappa shape index (κ3) is 2.63. The second kappa shape index (κ2) is 4.94. The molecular formula is C13H15BrN2S. The van der Waals surface area contributed by atoms with Gasteiger partial charge in [-0.15, -0.1) is 0 Å². The number of hydrogen-bond acceptors (Lipinski definition) is 3. The molecule has 0 bridgehead atoms. The Morgan fingerprint density at radius 2 is 2.29 bits per heavy atom.